The zero-order chi connectivity index (χ0) is 9.26. The fourth-order valence-electron chi connectivity index (χ4n) is 1.47. The topological polar surface area (TPSA) is 59.4 Å². The first-order valence-corrected chi connectivity index (χ1v) is 4.09. The molecule has 4 heteroatoms. The Morgan fingerprint density at radius 1 is 1.69 bits per heavy atom. The Morgan fingerprint density at radius 3 is 3.31 bits per heavy atom. The van der Waals surface area contributed by atoms with Crippen LogP contribution in [0.1, 0.15) is 17.9 Å². The summed E-state index contributed by atoms with van der Waals surface area (Å²) in [6, 6.07) is 3.48. The molecule has 13 heavy (non-hydrogen) atoms. The van der Waals surface area contributed by atoms with E-state index in [0.29, 0.717) is 24.5 Å². The Hall–Kier alpha value is -1.58. The third-order valence-corrected chi connectivity index (χ3v) is 2.12. The summed E-state index contributed by atoms with van der Waals surface area (Å²) in [7, 11) is 0. The van der Waals surface area contributed by atoms with Crippen molar-refractivity contribution in [3.63, 3.8) is 0 Å². The molecule has 1 aliphatic heterocycles. The number of nitrogens with zero attached hydrogens (tertiary/aromatic N) is 1. The Labute approximate surface area is 75.2 Å². The van der Waals surface area contributed by atoms with E-state index >= 15 is 0 Å². The highest BCUT2D eigenvalue weighted by molar-refractivity contribution is 5.77. The number of aromatic nitrogens is 1. The molecule has 0 fully saturated rings. The molecule has 1 aromatic rings. The molecule has 1 atom stereocenters. The maximum Gasteiger partial charge on any atom is 0.311 e. The number of rotatable bonds is 1. The van der Waals surface area contributed by atoms with Crippen molar-refractivity contribution < 1.29 is 14.6 Å². The molecule has 4 nitrogen and oxygen atoms in total. The van der Waals surface area contributed by atoms with E-state index in [0.717, 1.165) is 0 Å². The minimum absolute atomic E-state index is 0.432. The summed E-state index contributed by atoms with van der Waals surface area (Å²) in [6.45, 7) is 0.432. The number of fused-ring (bicyclic) bond motifs is 1. The molecular formula is C9H9NO3. The minimum atomic E-state index is -0.808. The molecule has 1 N–H and O–H groups in total. The number of carbonyl (C=O) groups is 1. The third kappa shape index (κ3) is 1.35. The van der Waals surface area contributed by atoms with E-state index in [1.54, 1.807) is 18.3 Å². The highest BCUT2D eigenvalue weighted by Crippen LogP contribution is 2.31. The normalized spacial score (nSPS) is 20.2. The van der Waals surface area contributed by atoms with Crippen molar-refractivity contribution in [3.05, 3.63) is 23.9 Å². The largest absolute Gasteiger partial charge is 0.481 e. The van der Waals surface area contributed by atoms with Gasteiger partial charge in [-0.25, -0.2) is 4.98 Å². The van der Waals surface area contributed by atoms with Crippen molar-refractivity contribution in [2.24, 2.45) is 0 Å². The molecule has 1 aromatic heterocycles. The molecule has 0 saturated carbocycles. The number of hydrogen-bond donors (Lipinski definition) is 1. The third-order valence-electron chi connectivity index (χ3n) is 2.12. The number of hydrogen-bond acceptors (Lipinski definition) is 3. The SMILES string of the molecule is O=C(O)C1CCOc2ncccc21. The van der Waals surface area contributed by atoms with Gasteiger partial charge >= 0.3 is 5.97 Å². The number of carboxylic acid groups (broad SMARTS) is 1. The van der Waals surface area contributed by atoms with Crippen molar-refractivity contribution >= 4 is 5.97 Å². The zero-order valence-corrected chi connectivity index (χ0v) is 6.93. The van der Waals surface area contributed by atoms with Gasteiger partial charge in [0.2, 0.25) is 5.88 Å². The van der Waals surface area contributed by atoms with Crippen molar-refractivity contribution in [1.29, 1.82) is 0 Å². The van der Waals surface area contributed by atoms with Crippen molar-refractivity contribution in [2.75, 3.05) is 6.61 Å². The maximum atomic E-state index is 10.8. The predicted molar refractivity (Wildman–Crippen MR) is 44.7 cm³/mol. The van der Waals surface area contributed by atoms with Crippen molar-refractivity contribution in [3.8, 4) is 5.88 Å². The summed E-state index contributed by atoms with van der Waals surface area (Å²) in [6.07, 6.45) is 2.12. The van der Waals surface area contributed by atoms with E-state index in [1.165, 1.54) is 0 Å². The smallest absolute Gasteiger partial charge is 0.311 e. The van der Waals surface area contributed by atoms with E-state index in [-0.39, 0.29) is 0 Å². The number of aliphatic carboxylic acids is 1. The first-order valence-electron chi connectivity index (χ1n) is 4.09. The second kappa shape index (κ2) is 3.05. The lowest BCUT2D eigenvalue weighted by atomic mass is 9.96. The monoisotopic (exact) mass is 179 g/mol. The summed E-state index contributed by atoms with van der Waals surface area (Å²) in [4.78, 5) is 14.8. The van der Waals surface area contributed by atoms with Crippen molar-refractivity contribution in [1.82, 2.24) is 4.98 Å². The number of ether oxygens (including phenoxy) is 1. The first kappa shape index (κ1) is 8.04. The number of pyridine rings is 1. The van der Waals surface area contributed by atoms with Crippen LogP contribution in [0.3, 0.4) is 0 Å². The quantitative estimate of drug-likeness (QED) is 0.699. The Balaban J connectivity index is 2.42. The van der Waals surface area contributed by atoms with Crippen LogP contribution in [0.25, 0.3) is 0 Å². The molecule has 0 amide bonds. The van der Waals surface area contributed by atoms with Gasteiger partial charge in [0.1, 0.15) is 0 Å². The molecular weight excluding hydrogens is 170 g/mol. The highest BCUT2D eigenvalue weighted by atomic mass is 16.5. The summed E-state index contributed by atoms with van der Waals surface area (Å²) in [5.41, 5.74) is 0.682. The van der Waals surface area contributed by atoms with Gasteiger partial charge in [-0.1, -0.05) is 6.07 Å². The van der Waals surface area contributed by atoms with Gasteiger partial charge in [0, 0.05) is 11.8 Å². The van der Waals surface area contributed by atoms with Gasteiger partial charge in [0.15, 0.2) is 0 Å². The molecule has 0 spiro atoms. The minimum Gasteiger partial charge on any atom is -0.481 e. The molecule has 0 aromatic carbocycles. The summed E-state index contributed by atoms with van der Waals surface area (Å²) in [5.74, 6) is -0.809. The Kier molecular flexibility index (Phi) is 1.88. The average Bonchev–Trinajstić information content (AvgIpc) is 2.17. The Morgan fingerprint density at radius 2 is 2.54 bits per heavy atom. The highest BCUT2D eigenvalue weighted by Gasteiger charge is 2.27. The van der Waals surface area contributed by atoms with Crippen LogP contribution in [-0.4, -0.2) is 22.7 Å². The van der Waals surface area contributed by atoms with E-state index in [9.17, 15) is 4.79 Å². The lowest BCUT2D eigenvalue weighted by Gasteiger charge is -2.21. The van der Waals surface area contributed by atoms with Crippen LogP contribution in [-0.2, 0) is 4.79 Å². The molecule has 68 valence electrons. The van der Waals surface area contributed by atoms with Gasteiger partial charge in [-0.3, -0.25) is 4.79 Å². The first-order chi connectivity index (χ1) is 6.29. The maximum absolute atomic E-state index is 10.8. The van der Waals surface area contributed by atoms with Crippen LogP contribution in [0.15, 0.2) is 18.3 Å². The second-order valence-corrected chi connectivity index (χ2v) is 2.93. The molecule has 2 rings (SSSR count). The predicted octanol–water partition coefficient (Wildman–Crippen LogP) is 1.03. The molecule has 0 saturated heterocycles. The van der Waals surface area contributed by atoms with Gasteiger partial charge in [0.25, 0.3) is 0 Å². The van der Waals surface area contributed by atoms with Gasteiger partial charge in [-0.15, -0.1) is 0 Å². The van der Waals surface area contributed by atoms with Crippen LogP contribution in [0.2, 0.25) is 0 Å². The zero-order valence-electron chi connectivity index (χ0n) is 6.93. The standard InChI is InChI=1S/C9H9NO3/c11-9(12)7-3-5-13-8-6(7)2-1-4-10-8/h1-2,4,7H,3,5H2,(H,11,12). The van der Waals surface area contributed by atoms with Crippen LogP contribution in [0.5, 0.6) is 5.88 Å². The summed E-state index contributed by atoms with van der Waals surface area (Å²) < 4.78 is 5.23. The van der Waals surface area contributed by atoms with E-state index < -0.39 is 11.9 Å². The summed E-state index contributed by atoms with van der Waals surface area (Å²) in [5, 5.41) is 8.90. The molecule has 2 heterocycles. The van der Waals surface area contributed by atoms with Crippen LogP contribution < -0.4 is 4.74 Å². The average molecular weight is 179 g/mol. The van der Waals surface area contributed by atoms with Crippen LogP contribution >= 0.6 is 0 Å². The lowest BCUT2D eigenvalue weighted by Crippen LogP contribution is -2.21. The van der Waals surface area contributed by atoms with Gasteiger partial charge < -0.3 is 9.84 Å². The van der Waals surface area contributed by atoms with Gasteiger partial charge in [0.05, 0.1) is 12.5 Å². The van der Waals surface area contributed by atoms with Crippen LogP contribution in [0, 0.1) is 0 Å². The molecule has 1 unspecified atom stereocenters. The molecule has 1 aliphatic rings. The summed E-state index contributed by atoms with van der Waals surface area (Å²) >= 11 is 0. The molecule has 0 radical (unpaired) electrons. The lowest BCUT2D eigenvalue weighted by molar-refractivity contribution is -0.139. The van der Waals surface area contributed by atoms with Crippen molar-refractivity contribution in [2.45, 2.75) is 12.3 Å². The number of carboxylic acids is 1. The Bertz CT molecular complexity index is 337. The molecule has 0 aliphatic carbocycles. The van der Waals surface area contributed by atoms with Crippen LogP contribution in [0.4, 0.5) is 0 Å². The second-order valence-electron chi connectivity index (χ2n) is 2.93. The van der Waals surface area contributed by atoms with Gasteiger partial charge in [-0.2, -0.15) is 0 Å². The van der Waals surface area contributed by atoms with E-state index in [1.807, 2.05) is 0 Å². The van der Waals surface area contributed by atoms with E-state index in [4.69, 9.17) is 9.84 Å². The fraction of sp³-hybridized carbons (Fsp3) is 0.333. The van der Waals surface area contributed by atoms with Gasteiger partial charge in [-0.05, 0) is 12.5 Å². The van der Waals surface area contributed by atoms with E-state index in [2.05, 4.69) is 4.98 Å². The fourth-order valence-corrected chi connectivity index (χ4v) is 1.47. The molecule has 0 bridgehead atoms.